The van der Waals surface area contributed by atoms with E-state index in [-0.39, 0.29) is 18.9 Å². The molecule has 7 nitrogen and oxygen atoms in total. The van der Waals surface area contributed by atoms with Crippen LogP contribution in [-0.4, -0.2) is 48.5 Å². The summed E-state index contributed by atoms with van der Waals surface area (Å²) in [6.07, 6.45) is 0. The number of ether oxygens (including phenoxy) is 3. The van der Waals surface area contributed by atoms with Gasteiger partial charge in [-0.1, -0.05) is 11.8 Å². The maximum atomic E-state index is 12.2. The van der Waals surface area contributed by atoms with Gasteiger partial charge in [0.15, 0.2) is 0 Å². The van der Waals surface area contributed by atoms with Gasteiger partial charge in [-0.25, -0.2) is 14.6 Å². The van der Waals surface area contributed by atoms with Crippen LogP contribution in [0.4, 0.5) is 0 Å². The van der Waals surface area contributed by atoms with Crippen molar-refractivity contribution in [3.63, 3.8) is 0 Å². The van der Waals surface area contributed by atoms with E-state index in [0.717, 1.165) is 0 Å². The van der Waals surface area contributed by atoms with Gasteiger partial charge in [-0.15, -0.1) is 0 Å². The average Bonchev–Trinajstić information content (AvgIpc) is 3.13. The molecule has 0 aromatic carbocycles. The fourth-order valence-corrected chi connectivity index (χ4v) is 3.02. The molecule has 0 amide bonds. The second-order valence-corrected chi connectivity index (χ2v) is 5.63. The maximum absolute atomic E-state index is 12.2. The van der Waals surface area contributed by atoms with Gasteiger partial charge in [0.1, 0.15) is 12.3 Å². The van der Waals surface area contributed by atoms with E-state index in [1.807, 2.05) is 0 Å². The molecule has 1 aromatic heterocycles. The third-order valence-electron chi connectivity index (χ3n) is 3.18. The number of nitrogens with zero attached hydrogens (tertiary/aromatic N) is 1. The van der Waals surface area contributed by atoms with Gasteiger partial charge in [0, 0.05) is 11.4 Å². The largest absolute Gasteiger partial charge is 0.471 e. The van der Waals surface area contributed by atoms with E-state index in [0.29, 0.717) is 41.0 Å². The number of hydrogen-bond donors (Lipinski definition) is 1. The topological polar surface area (TPSA) is 90.0 Å². The Morgan fingerprint density at radius 2 is 1.96 bits per heavy atom. The smallest absolute Gasteiger partial charge is 0.355 e. The van der Waals surface area contributed by atoms with E-state index in [4.69, 9.17) is 14.2 Å². The molecule has 0 unspecified atom stereocenters. The van der Waals surface area contributed by atoms with E-state index in [1.165, 1.54) is 11.8 Å². The molecular weight excluding hydrogens is 320 g/mol. The molecule has 0 saturated carbocycles. The minimum absolute atomic E-state index is 0.264. The average molecular weight is 340 g/mol. The van der Waals surface area contributed by atoms with Crippen molar-refractivity contribution >= 4 is 28.9 Å². The molecule has 8 heteroatoms. The van der Waals surface area contributed by atoms with Crippen LogP contribution in [0.5, 0.6) is 0 Å². The zero-order chi connectivity index (χ0) is 16.8. The molecule has 0 saturated heterocycles. The lowest BCUT2D eigenvalue weighted by Crippen LogP contribution is -2.09. The van der Waals surface area contributed by atoms with Crippen molar-refractivity contribution in [2.24, 2.45) is 4.99 Å². The van der Waals surface area contributed by atoms with Gasteiger partial charge in [0.05, 0.1) is 25.3 Å². The molecule has 2 rings (SSSR count). The van der Waals surface area contributed by atoms with E-state index in [2.05, 4.69) is 9.98 Å². The molecule has 0 atom stereocenters. The summed E-state index contributed by atoms with van der Waals surface area (Å²) < 4.78 is 15.4. The molecule has 1 aliphatic rings. The summed E-state index contributed by atoms with van der Waals surface area (Å²) in [5, 5.41) is 0.588. The van der Waals surface area contributed by atoms with Gasteiger partial charge in [0.25, 0.3) is 0 Å². The molecule has 0 fully saturated rings. The molecule has 1 aromatic rings. The highest BCUT2D eigenvalue weighted by atomic mass is 32.2. The van der Waals surface area contributed by atoms with Crippen LogP contribution in [0.25, 0.3) is 0 Å². The van der Waals surface area contributed by atoms with E-state index >= 15 is 0 Å². The first kappa shape index (κ1) is 17.4. The second kappa shape index (κ2) is 8.05. The summed E-state index contributed by atoms with van der Waals surface area (Å²) in [5.74, 6) is -0.518. The summed E-state index contributed by atoms with van der Waals surface area (Å²) in [4.78, 5) is 31.4. The standard InChI is InChI=1S/C15H20N2O5S/c1-4-20-13(18)11-9(3)12(14(19)21-5-2)17-10(11)8-23-15-16-6-7-22-15/h17H,4-8H2,1-3H3. The molecule has 1 N–H and O–H groups in total. The maximum Gasteiger partial charge on any atom is 0.355 e. The normalized spacial score (nSPS) is 13.4. The first-order valence-electron chi connectivity index (χ1n) is 7.44. The lowest BCUT2D eigenvalue weighted by Gasteiger charge is -2.05. The first-order valence-corrected chi connectivity index (χ1v) is 8.42. The van der Waals surface area contributed by atoms with Gasteiger partial charge in [-0.3, -0.25) is 0 Å². The molecule has 126 valence electrons. The van der Waals surface area contributed by atoms with Crippen molar-refractivity contribution in [2.75, 3.05) is 26.4 Å². The summed E-state index contributed by atoms with van der Waals surface area (Å²) in [7, 11) is 0. The number of rotatable bonds is 6. The predicted octanol–water partition coefficient (Wildman–Crippen LogP) is 2.30. The zero-order valence-corrected chi connectivity index (χ0v) is 14.2. The summed E-state index contributed by atoms with van der Waals surface area (Å²) >= 11 is 1.37. The van der Waals surface area contributed by atoms with Crippen molar-refractivity contribution in [3.8, 4) is 0 Å². The van der Waals surface area contributed by atoms with Crippen LogP contribution >= 0.6 is 11.8 Å². The minimum atomic E-state index is -0.485. The predicted molar refractivity (Wildman–Crippen MR) is 87.0 cm³/mol. The molecule has 2 heterocycles. The molecule has 0 bridgehead atoms. The van der Waals surface area contributed by atoms with E-state index in [9.17, 15) is 9.59 Å². The SMILES string of the molecule is CCOC(=O)c1[nH]c(CSC2=NCCO2)c(C(=O)OCC)c1C. The Hall–Kier alpha value is -1.96. The fourth-order valence-electron chi connectivity index (χ4n) is 2.19. The number of hydrogen-bond acceptors (Lipinski definition) is 7. The van der Waals surface area contributed by atoms with Crippen molar-refractivity contribution in [3.05, 3.63) is 22.5 Å². The van der Waals surface area contributed by atoms with Gasteiger partial charge < -0.3 is 19.2 Å². The quantitative estimate of drug-likeness (QED) is 0.799. The van der Waals surface area contributed by atoms with Crippen molar-refractivity contribution < 1.29 is 23.8 Å². The third-order valence-corrected chi connectivity index (χ3v) is 4.11. The number of esters is 2. The Morgan fingerprint density at radius 1 is 1.26 bits per heavy atom. The van der Waals surface area contributed by atoms with Crippen LogP contribution < -0.4 is 0 Å². The van der Waals surface area contributed by atoms with Crippen molar-refractivity contribution in [1.29, 1.82) is 0 Å². The highest BCUT2D eigenvalue weighted by molar-refractivity contribution is 8.12. The lowest BCUT2D eigenvalue weighted by atomic mass is 10.1. The van der Waals surface area contributed by atoms with Crippen LogP contribution in [-0.2, 0) is 20.0 Å². The van der Waals surface area contributed by atoms with Gasteiger partial charge in [0.2, 0.25) is 5.23 Å². The Kier molecular flexibility index (Phi) is 6.09. The Balaban J connectivity index is 2.27. The number of carbonyl (C=O) groups excluding carboxylic acids is 2. The van der Waals surface area contributed by atoms with Crippen LogP contribution in [0.3, 0.4) is 0 Å². The molecule has 0 aliphatic carbocycles. The van der Waals surface area contributed by atoms with Gasteiger partial charge in [-0.2, -0.15) is 0 Å². The molecule has 23 heavy (non-hydrogen) atoms. The number of H-pyrrole nitrogens is 1. The summed E-state index contributed by atoms with van der Waals surface area (Å²) in [6.45, 7) is 6.92. The Bertz CT molecular complexity index is 624. The van der Waals surface area contributed by atoms with Crippen molar-refractivity contribution in [1.82, 2.24) is 4.98 Å². The number of carbonyl (C=O) groups is 2. The second-order valence-electron chi connectivity index (χ2n) is 4.70. The number of nitrogens with one attached hydrogen (secondary N) is 1. The third kappa shape index (κ3) is 4.07. The zero-order valence-electron chi connectivity index (χ0n) is 13.4. The highest BCUT2D eigenvalue weighted by Gasteiger charge is 2.26. The van der Waals surface area contributed by atoms with Crippen LogP contribution in [0.2, 0.25) is 0 Å². The lowest BCUT2D eigenvalue weighted by molar-refractivity contribution is 0.0518. The monoisotopic (exact) mass is 340 g/mol. The highest BCUT2D eigenvalue weighted by Crippen LogP contribution is 2.25. The van der Waals surface area contributed by atoms with Gasteiger partial charge in [-0.05, 0) is 26.3 Å². The van der Waals surface area contributed by atoms with Crippen molar-refractivity contribution in [2.45, 2.75) is 26.5 Å². The van der Waals surface area contributed by atoms with Crippen LogP contribution in [0, 0.1) is 6.92 Å². The number of aromatic nitrogens is 1. The van der Waals surface area contributed by atoms with Crippen LogP contribution in [0.15, 0.2) is 4.99 Å². The minimum Gasteiger partial charge on any atom is -0.471 e. The molecule has 0 spiro atoms. The summed E-state index contributed by atoms with van der Waals surface area (Å²) in [5.41, 5.74) is 1.79. The van der Waals surface area contributed by atoms with E-state index in [1.54, 1.807) is 20.8 Å². The number of aliphatic imine (C=N–C) groups is 1. The molecular formula is C15H20N2O5S. The molecule has 1 aliphatic heterocycles. The van der Waals surface area contributed by atoms with Crippen LogP contribution in [0.1, 0.15) is 46.0 Å². The summed E-state index contributed by atoms with van der Waals surface area (Å²) in [6, 6.07) is 0. The molecule has 0 radical (unpaired) electrons. The first-order chi connectivity index (χ1) is 11.1. The number of thioether (sulfide) groups is 1. The Morgan fingerprint density at radius 3 is 2.57 bits per heavy atom. The number of aromatic amines is 1. The van der Waals surface area contributed by atoms with E-state index < -0.39 is 11.9 Å². The fraction of sp³-hybridized carbons (Fsp3) is 0.533. The Labute approximate surface area is 138 Å². The van der Waals surface area contributed by atoms with Gasteiger partial charge >= 0.3 is 11.9 Å².